The largest absolute Gasteiger partial charge is 0.396 e. The van der Waals surface area contributed by atoms with Crippen LogP contribution in [0, 0.1) is 0 Å². The predicted molar refractivity (Wildman–Crippen MR) is 70.4 cm³/mol. The molecule has 0 spiro atoms. The Labute approximate surface area is 102 Å². The Balaban J connectivity index is 2.59. The highest BCUT2D eigenvalue weighted by molar-refractivity contribution is 7.80. The number of thiocarbonyl (C=S) groups is 1. The summed E-state index contributed by atoms with van der Waals surface area (Å²) in [6.07, 6.45) is 0.797. The van der Waals surface area contributed by atoms with Crippen LogP contribution in [0.2, 0.25) is 0 Å². The maximum atomic E-state index is 8.74. The second-order valence-corrected chi connectivity index (χ2v) is 4.32. The molecule has 0 aliphatic carbocycles. The van der Waals surface area contributed by atoms with Crippen LogP contribution in [0.4, 0.5) is 0 Å². The highest BCUT2D eigenvalue weighted by Crippen LogP contribution is 2.07. The molecular formula is C12H18N2OS. The van der Waals surface area contributed by atoms with Crippen molar-refractivity contribution in [2.45, 2.75) is 13.0 Å². The van der Waals surface area contributed by atoms with Crippen LogP contribution in [0.25, 0.3) is 0 Å². The van der Waals surface area contributed by atoms with Gasteiger partial charge in [0.2, 0.25) is 0 Å². The third-order valence-corrected chi connectivity index (χ3v) is 2.60. The summed E-state index contributed by atoms with van der Waals surface area (Å²) in [5.41, 5.74) is 7.67. The van der Waals surface area contributed by atoms with Crippen molar-refractivity contribution in [3.8, 4) is 0 Å². The van der Waals surface area contributed by atoms with E-state index >= 15 is 0 Å². The van der Waals surface area contributed by atoms with Crippen molar-refractivity contribution < 1.29 is 5.11 Å². The molecule has 0 heterocycles. The first-order valence-electron chi connectivity index (χ1n) is 5.31. The summed E-state index contributed by atoms with van der Waals surface area (Å²) in [7, 11) is 2.03. The number of nitrogens with zero attached hydrogens (tertiary/aromatic N) is 1. The lowest BCUT2D eigenvalue weighted by molar-refractivity contribution is 0.244. The molecular weight excluding hydrogens is 220 g/mol. The highest BCUT2D eigenvalue weighted by atomic mass is 32.1. The van der Waals surface area contributed by atoms with Crippen LogP contribution >= 0.6 is 12.2 Å². The third-order valence-electron chi connectivity index (χ3n) is 2.36. The molecule has 0 saturated carbocycles. The van der Waals surface area contributed by atoms with E-state index in [0.717, 1.165) is 25.1 Å². The van der Waals surface area contributed by atoms with Gasteiger partial charge in [0.1, 0.15) is 4.99 Å². The number of benzene rings is 1. The molecule has 0 aromatic heterocycles. The molecule has 1 aromatic carbocycles. The third kappa shape index (κ3) is 4.26. The monoisotopic (exact) mass is 238 g/mol. The number of hydrogen-bond donors (Lipinski definition) is 2. The van der Waals surface area contributed by atoms with Crippen LogP contribution in [0.1, 0.15) is 17.5 Å². The Kier molecular flexibility index (Phi) is 5.38. The van der Waals surface area contributed by atoms with E-state index in [0.29, 0.717) is 4.99 Å². The Hall–Kier alpha value is -0.970. The van der Waals surface area contributed by atoms with Crippen molar-refractivity contribution >= 4 is 17.2 Å². The molecule has 4 heteroatoms. The minimum Gasteiger partial charge on any atom is -0.396 e. The molecule has 0 amide bonds. The van der Waals surface area contributed by atoms with Gasteiger partial charge in [-0.3, -0.25) is 0 Å². The number of nitrogens with two attached hydrogens (primary N) is 1. The van der Waals surface area contributed by atoms with Crippen molar-refractivity contribution in [2.24, 2.45) is 5.73 Å². The van der Waals surface area contributed by atoms with E-state index in [4.69, 9.17) is 23.1 Å². The lowest BCUT2D eigenvalue weighted by Crippen LogP contribution is -2.20. The Morgan fingerprint density at radius 2 is 2.25 bits per heavy atom. The molecule has 0 aliphatic rings. The smallest absolute Gasteiger partial charge is 0.103 e. The number of rotatable bonds is 6. The average molecular weight is 238 g/mol. The highest BCUT2D eigenvalue weighted by Gasteiger charge is 2.02. The second kappa shape index (κ2) is 6.58. The first-order chi connectivity index (χ1) is 7.63. The molecule has 0 unspecified atom stereocenters. The lowest BCUT2D eigenvalue weighted by atomic mass is 10.1. The summed E-state index contributed by atoms with van der Waals surface area (Å²) in [6, 6.07) is 7.94. The average Bonchev–Trinajstić information content (AvgIpc) is 2.26. The lowest BCUT2D eigenvalue weighted by Gasteiger charge is -2.16. The van der Waals surface area contributed by atoms with Crippen molar-refractivity contribution in [3.63, 3.8) is 0 Å². The fraction of sp³-hybridized carbons (Fsp3) is 0.417. The van der Waals surface area contributed by atoms with E-state index < -0.39 is 0 Å². The van der Waals surface area contributed by atoms with Crippen LogP contribution < -0.4 is 5.73 Å². The maximum Gasteiger partial charge on any atom is 0.103 e. The molecule has 0 fully saturated rings. The first-order valence-corrected chi connectivity index (χ1v) is 5.72. The van der Waals surface area contributed by atoms with Gasteiger partial charge in [-0.2, -0.15) is 0 Å². The van der Waals surface area contributed by atoms with Crippen LogP contribution in [0.15, 0.2) is 24.3 Å². The van der Waals surface area contributed by atoms with E-state index in [1.165, 1.54) is 5.56 Å². The first kappa shape index (κ1) is 13.1. The Bertz CT molecular complexity index is 355. The summed E-state index contributed by atoms with van der Waals surface area (Å²) in [6.45, 7) is 1.96. The SMILES string of the molecule is CN(CCCO)Cc1cccc(C(N)=S)c1. The van der Waals surface area contributed by atoms with E-state index in [9.17, 15) is 0 Å². The minimum atomic E-state index is 0.233. The molecule has 88 valence electrons. The standard InChI is InChI=1S/C12H18N2OS/c1-14(6-3-7-15)9-10-4-2-5-11(8-10)12(13)16/h2,4-5,8,15H,3,6-7,9H2,1H3,(H2,13,16). The van der Waals surface area contributed by atoms with Gasteiger partial charge in [-0.05, 0) is 25.1 Å². The van der Waals surface area contributed by atoms with Gasteiger partial charge in [0, 0.05) is 25.3 Å². The van der Waals surface area contributed by atoms with Gasteiger partial charge in [0.05, 0.1) is 0 Å². The molecule has 0 aliphatic heterocycles. The number of aliphatic hydroxyl groups excluding tert-OH is 1. The van der Waals surface area contributed by atoms with Crippen molar-refractivity contribution in [1.29, 1.82) is 0 Å². The minimum absolute atomic E-state index is 0.233. The molecule has 16 heavy (non-hydrogen) atoms. The van der Waals surface area contributed by atoms with E-state index in [1.54, 1.807) is 0 Å². The Morgan fingerprint density at radius 3 is 2.88 bits per heavy atom. The van der Waals surface area contributed by atoms with Crippen LogP contribution in [-0.2, 0) is 6.54 Å². The van der Waals surface area contributed by atoms with Crippen molar-refractivity contribution in [3.05, 3.63) is 35.4 Å². The number of hydrogen-bond acceptors (Lipinski definition) is 3. The second-order valence-electron chi connectivity index (χ2n) is 3.88. The molecule has 0 atom stereocenters. The Morgan fingerprint density at radius 1 is 1.50 bits per heavy atom. The van der Waals surface area contributed by atoms with Gasteiger partial charge in [0.15, 0.2) is 0 Å². The molecule has 3 nitrogen and oxygen atoms in total. The van der Waals surface area contributed by atoms with Gasteiger partial charge in [-0.15, -0.1) is 0 Å². The molecule has 0 bridgehead atoms. The van der Waals surface area contributed by atoms with Crippen LogP contribution in [0.3, 0.4) is 0 Å². The topological polar surface area (TPSA) is 49.5 Å². The maximum absolute atomic E-state index is 8.74. The molecule has 0 radical (unpaired) electrons. The van der Waals surface area contributed by atoms with Crippen LogP contribution in [-0.4, -0.2) is 35.2 Å². The predicted octanol–water partition coefficient (Wildman–Crippen LogP) is 1.14. The van der Waals surface area contributed by atoms with E-state index in [1.807, 2.05) is 25.2 Å². The molecule has 3 N–H and O–H groups in total. The van der Waals surface area contributed by atoms with Gasteiger partial charge >= 0.3 is 0 Å². The van der Waals surface area contributed by atoms with Crippen molar-refractivity contribution in [2.75, 3.05) is 20.2 Å². The fourth-order valence-corrected chi connectivity index (χ4v) is 1.68. The normalized spacial score (nSPS) is 10.7. The summed E-state index contributed by atoms with van der Waals surface area (Å²) < 4.78 is 0. The summed E-state index contributed by atoms with van der Waals surface area (Å²) in [5, 5.41) is 8.74. The van der Waals surface area contributed by atoms with Gasteiger partial charge < -0.3 is 15.7 Å². The summed E-state index contributed by atoms with van der Waals surface area (Å²) >= 11 is 4.94. The van der Waals surface area contributed by atoms with Gasteiger partial charge in [-0.1, -0.05) is 30.4 Å². The van der Waals surface area contributed by atoms with Gasteiger partial charge in [-0.25, -0.2) is 0 Å². The van der Waals surface area contributed by atoms with Crippen LogP contribution in [0.5, 0.6) is 0 Å². The quantitative estimate of drug-likeness (QED) is 0.730. The zero-order valence-electron chi connectivity index (χ0n) is 9.52. The van der Waals surface area contributed by atoms with E-state index in [-0.39, 0.29) is 6.61 Å². The molecule has 1 aromatic rings. The molecule has 1 rings (SSSR count). The zero-order valence-corrected chi connectivity index (χ0v) is 10.3. The van der Waals surface area contributed by atoms with Gasteiger partial charge in [0.25, 0.3) is 0 Å². The molecule has 0 saturated heterocycles. The zero-order chi connectivity index (χ0) is 12.0. The number of aliphatic hydroxyl groups is 1. The fourth-order valence-electron chi connectivity index (χ4n) is 1.55. The van der Waals surface area contributed by atoms with Crippen molar-refractivity contribution in [1.82, 2.24) is 4.90 Å². The summed E-state index contributed by atoms with van der Waals surface area (Å²) in [4.78, 5) is 2.59. The van der Waals surface area contributed by atoms with E-state index in [2.05, 4.69) is 11.0 Å². The summed E-state index contributed by atoms with van der Waals surface area (Å²) in [5.74, 6) is 0.